The number of thiophene rings is 1. The van der Waals surface area contributed by atoms with Gasteiger partial charge >= 0.3 is 0 Å². The van der Waals surface area contributed by atoms with E-state index in [0.29, 0.717) is 13.0 Å². The van der Waals surface area contributed by atoms with Crippen molar-refractivity contribution in [2.45, 2.75) is 19.4 Å². The Labute approximate surface area is 128 Å². The molecular formula is C15H19NO2S2. The van der Waals surface area contributed by atoms with Crippen molar-refractivity contribution in [1.82, 2.24) is 4.90 Å². The van der Waals surface area contributed by atoms with Crippen molar-refractivity contribution in [3.8, 4) is 11.8 Å². The van der Waals surface area contributed by atoms with Gasteiger partial charge in [0.1, 0.15) is 0 Å². The Morgan fingerprint density at radius 3 is 3.15 bits per heavy atom. The molecule has 20 heavy (non-hydrogen) atoms. The van der Waals surface area contributed by atoms with Crippen molar-refractivity contribution >= 4 is 29.0 Å². The maximum atomic E-state index is 12.2. The van der Waals surface area contributed by atoms with Crippen LogP contribution in [0.1, 0.15) is 23.3 Å². The van der Waals surface area contributed by atoms with E-state index in [1.54, 1.807) is 11.3 Å². The zero-order chi connectivity index (χ0) is 14.4. The second kappa shape index (κ2) is 7.72. The predicted molar refractivity (Wildman–Crippen MR) is 84.8 cm³/mol. The Bertz CT molecular complexity index is 509. The molecule has 1 aromatic heterocycles. The third-order valence-corrected chi connectivity index (χ3v) is 5.23. The third-order valence-electron chi connectivity index (χ3n) is 3.18. The summed E-state index contributed by atoms with van der Waals surface area (Å²) < 4.78 is 0. The molecule has 1 aliphatic rings. The number of carbonyl (C=O) groups is 1. The van der Waals surface area contributed by atoms with Gasteiger partial charge in [-0.1, -0.05) is 11.8 Å². The minimum atomic E-state index is 0.0991. The summed E-state index contributed by atoms with van der Waals surface area (Å²) in [4.78, 5) is 15.0. The van der Waals surface area contributed by atoms with Crippen molar-refractivity contribution in [2.75, 3.05) is 25.2 Å². The average molecular weight is 309 g/mol. The van der Waals surface area contributed by atoms with Crippen LogP contribution < -0.4 is 0 Å². The van der Waals surface area contributed by atoms with Gasteiger partial charge < -0.3 is 10.0 Å². The molecule has 1 unspecified atom stereocenters. The molecule has 0 aliphatic carbocycles. The minimum Gasteiger partial charge on any atom is -0.395 e. The number of hydrogen-bond acceptors (Lipinski definition) is 4. The van der Waals surface area contributed by atoms with Gasteiger partial charge in [0, 0.05) is 31.7 Å². The highest BCUT2D eigenvalue weighted by molar-refractivity contribution is 7.99. The molecule has 0 spiro atoms. The molecule has 0 saturated carbocycles. The predicted octanol–water partition coefficient (Wildman–Crippen LogP) is 2.19. The standard InChI is InChI=1S/C15H19NO2S2/c1-16(15(18)13-5-7-19-11-13)9-12-8-14(20-10-12)4-2-3-6-17/h8,10,13,17H,3,5-7,9,11H2,1H3. The number of thioether (sulfide) groups is 1. The lowest BCUT2D eigenvalue weighted by Crippen LogP contribution is -2.32. The van der Waals surface area contributed by atoms with E-state index < -0.39 is 0 Å². The molecule has 1 aromatic rings. The van der Waals surface area contributed by atoms with Crippen LogP contribution in [0.4, 0.5) is 0 Å². The van der Waals surface area contributed by atoms with Crippen LogP contribution in [-0.4, -0.2) is 41.1 Å². The summed E-state index contributed by atoms with van der Waals surface area (Å²) in [5, 5.41) is 10.7. The highest BCUT2D eigenvalue weighted by atomic mass is 32.2. The highest BCUT2D eigenvalue weighted by Crippen LogP contribution is 2.25. The number of carbonyl (C=O) groups excluding carboxylic acids is 1. The zero-order valence-electron chi connectivity index (χ0n) is 11.6. The molecule has 3 nitrogen and oxygen atoms in total. The van der Waals surface area contributed by atoms with Gasteiger partial charge in [0.25, 0.3) is 0 Å². The maximum Gasteiger partial charge on any atom is 0.226 e. The first-order valence-electron chi connectivity index (χ1n) is 6.70. The highest BCUT2D eigenvalue weighted by Gasteiger charge is 2.25. The number of amides is 1. The van der Waals surface area contributed by atoms with E-state index >= 15 is 0 Å². The fourth-order valence-corrected chi connectivity index (χ4v) is 4.11. The Morgan fingerprint density at radius 2 is 2.45 bits per heavy atom. The normalized spacial score (nSPS) is 17.6. The maximum absolute atomic E-state index is 12.2. The third kappa shape index (κ3) is 4.27. The number of rotatable bonds is 4. The van der Waals surface area contributed by atoms with E-state index in [1.807, 2.05) is 29.8 Å². The summed E-state index contributed by atoms with van der Waals surface area (Å²) >= 11 is 3.45. The monoisotopic (exact) mass is 309 g/mol. The van der Waals surface area contributed by atoms with Crippen LogP contribution in [0.2, 0.25) is 0 Å². The van der Waals surface area contributed by atoms with E-state index in [9.17, 15) is 4.79 Å². The molecule has 1 fully saturated rings. The van der Waals surface area contributed by atoms with Gasteiger partial charge in [-0.2, -0.15) is 11.8 Å². The van der Waals surface area contributed by atoms with E-state index in [0.717, 1.165) is 28.4 Å². The van der Waals surface area contributed by atoms with E-state index in [2.05, 4.69) is 17.2 Å². The second-order valence-electron chi connectivity index (χ2n) is 4.85. The van der Waals surface area contributed by atoms with E-state index in [-0.39, 0.29) is 18.4 Å². The summed E-state index contributed by atoms with van der Waals surface area (Å²) in [7, 11) is 1.88. The fourth-order valence-electron chi connectivity index (χ4n) is 2.12. The van der Waals surface area contributed by atoms with Gasteiger partial charge in [0.05, 0.1) is 11.5 Å². The quantitative estimate of drug-likeness (QED) is 0.867. The van der Waals surface area contributed by atoms with Crippen LogP contribution >= 0.6 is 23.1 Å². The first-order valence-corrected chi connectivity index (χ1v) is 8.74. The molecular weight excluding hydrogens is 290 g/mol. The number of nitrogens with zero attached hydrogens (tertiary/aromatic N) is 1. The summed E-state index contributed by atoms with van der Waals surface area (Å²) in [5.41, 5.74) is 1.13. The van der Waals surface area contributed by atoms with Gasteiger partial charge in [-0.05, 0) is 29.2 Å². The SMILES string of the molecule is CN(Cc1csc(C#CCCO)c1)C(=O)C1CCSC1. The molecule has 1 N–H and O–H groups in total. The molecule has 2 heterocycles. The topological polar surface area (TPSA) is 40.5 Å². The van der Waals surface area contributed by atoms with Gasteiger partial charge in [0.2, 0.25) is 5.91 Å². The second-order valence-corrected chi connectivity index (χ2v) is 6.91. The summed E-state index contributed by atoms with van der Waals surface area (Å²) in [6.07, 6.45) is 1.51. The van der Waals surface area contributed by atoms with Crippen molar-refractivity contribution in [1.29, 1.82) is 0 Å². The number of aliphatic hydroxyl groups excluding tert-OH is 1. The lowest BCUT2D eigenvalue weighted by Gasteiger charge is -2.19. The van der Waals surface area contributed by atoms with Crippen molar-refractivity contribution in [2.24, 2.45) is 5.92 Å². The Hall–Kier alpha value is -0.960. The molecule has 1 amide bonds. The number of hydrogen-bond donors (Lipinski definition) is 1. The molecule has 0 aromatic carbocycles. The lowest BCUT2D eigenvalue weighted by atomic mass is 10.1. The molecule has 0 radical (unpaired) electrons. The molecule has 1 saturated heterocycles. The van der Waals surface area contributed by atoms with Gasteiger partial charge in [0.15, 0.2) is 0 Å². The summed E-state index contributed by atoms with van der Waals surface area (Å²) in [5.74, 6) is 8.47. The van der Waals surface area contributed by atoms with Gasteiger partial charge in [-0.3, -0.25) is 4.79 Å². The molecule has 0 bridgehead atoms. The van der Waals surface area contributed by atoms with E-state index in [1.165, 1.54) is 0 Å². The van der Waals surface area contributed by atoms with Crippen LogP contribution in [0.15, 0.2) is 11.4 Å². The Kier molecular flexibility index (Phi) is 5.96. The van der Waals surface area contributed by atoms with Crippen LogP contribution in [0.25, 0.3) is 0 Å². The molecule has 108 valence electrons. The lowest BCUT2D eigenvalue weighted by molar-refractivity contribution is -0.133. The van der Waals surface area contributed by atoms with Crippen LogP contribution in [-0.2, 0) is 11.3 Å². The van der Waals surface area contributed by atoms with Crippen LogP contribution in [0, 0.1) is 17.8 Å². The summed E-state index contributed by atoms with van der Waals surface area (Å²) in [6, 6.07) is 2.03. The van der Waals surface area contributed by atoms with Crippen LogP contribution in [0.5, 0.6) is 0 Å². The fraction of sp³-hybridized carbons (Fsp3) is 0.533. The smallest absolute Gasteiger partial charge is 0.226 e. The summed E-state index contributed by atoms with van der Waals surface area (Å²) in [6.45, 7) is 0.750. The Balaban J connectivity index is 1.89. The first kappa shape index (κ1) is 15.4. The average Bonchev–Trinajstić information content (AvgIpc) is 3.09. The van der Waals surface area contributed by atoms with Crippen LogP contribution in [0.3, 0.4) is 0 Å². The van der Waals surface area contributed by atoms with Crippen molar-refractivity contribution < 1.29 is 9.90 Å². The molecule has 2 rings (SSSR count). The molecule has 1 atom stereocenters. The van der Waals surface area contributed by atoms with Crippen molar-refractivity contribution in [3.05, 3.63) is 21.9 Å². The van der Waals surface area contributed by atoms with Gasteiger partial charge in [-0.25, -0.2) is 0 Å². The Morgan fingerprint density at radius 1 is 1.60 bits per heavy atom. The van der Waals surface area contributed by atoms with Gasteiger partial charge in [-0.15, -0.1) is 11.3 Å². The zero-order valence-corrected chi connectivity index (χ0v) is 13.2. The minimum absolute atomic E-state index is 0.0991. The van der Waals surface area contributed by atoms with E-state index in [4.69, 9.17) is 5.11 Å². The molecule has 1 aliphatic heterocycles. The van der Waals surface area contributed by atoms with Crippen molar-refractivity contribution in [3.63, 3.8) is 0 Å². The largest absolute Gasteiger partial charge is 0.395 e. The molecule has 5 heteroatoms. The number of aliphatic hydroxyl groups is 1. The first-order chi connectivity index (χ1) is 9.70.